The van der Waals surface area contributed by atoms with E-state index in [1.54, 1.807) is 10.7 Å². The highest BCUT2D eigenvalue weighted by Gasteiger charge is 2.34. The average Bonchev–Trinajstić information content (AvgIpc) is 2.54. The minimum atomic E-state index is -0.484. The van der Waals surface area contributed by atoms with Gasteiger partial charge in [-0.1, -0.05) is 0 Å². The summed E-state index contributed by atoms with van der Waals surface area (Å²) in [6.07, 6.45) is 6.45. The third kappa shape index (κ3) is 3.81. The van der Waals surface area contributed by atoms with Gasteiger partial charge in [-0.25, -0.2) is 4.68 Å². The lowest BCUT2D eigenvalue weighted by Gasteiger charge is -2.40. The Bertz CT molecular complexity index is 609. The van der Waals surface area contributed by atoms with Crippen LogP contribution in [0.1, 0.15) is 58.4 Å². The minimum Gasteiger partial charge on any atom is -0.389 e. The highest BCUT2D eigenvalue weighted by Crippen LogP contribution is 2.30. The molecule has 2 heterocycles. The van der Waals surface area contributed by atoms with Crippen LogP contribution in [-0.4, -0.2) is 46.2 Å². The fourth-order valence-electron chi connectivity index (χ4n) is 3.69. The van der Waals surface area contributed by atoms with Gasteiger partial charge in [0.25, 0.3) is 5.56 Å². The molecule has 24 heavy (non-hydrogen) atoms. The van der Waals surface area contributed by atoms with Gasteiger partial charge in [0.2, 0.25) is 0 Å². The fraction of sp³-hybridized carbons (Fsp3) is 0.778. The molecular weight excluding hydrogens is 304 g/mol. The Kier molecular flexibility index (Phi) is 5.25. The molecule has 2 aliphatic rings. The van der Waals surface area contributed by atoms with Crippen molar-refractivity contribution in [1.29, 1.82) is 0 Å². The van der Waals surface area contributed by atoms with Gasteiger partial charge < -0.3 is 15.3 Å². The average molecular weight is 334 g/mol. The van der Waals surface area contributed by atoms with Crippen molar-refractivity contribution in [2.45, 2.75) is 70.1 Å². The maximum Gasteiger partial charge on any atom is 0.267 e. The van der Waals surface area contributed by atoms with E-state index < -0.39 is 5.60 Å². The first kappa shape index (κ1) is 17.4. The maximum atomic E-state index is 11.9. The SMILES string of the molecule is CC(C)n1nc(N2CCCCC2CNCC2(O)CCC2)ccc1=O. The number of nitrogens with one attached hydrogen (secondary N) is 1. The molecule has 0 spiro atoms. The van der Waals surface area contributed by atoms with Crippen molar-refractivity contribution >= 4 is 5.82 Å². The minimum absolute atomic E-state index is 0.0485. The molecule has 0 amide bonds. The summed E-state index contributed by atoms with van der Waals surface area (Å²) in [6.45, 7) is 6.46. The molecule has 1 aromatic heterocycles. The number of aromatic nitrogens is 2. The molecule has 134 valence electrons. The molecule has 6 nitrogen and oxygen atoms in total. The molecule has 3 rings (SSSR count). The Morgan fingerprint density at radius 2 is 2.12 bits per heavy atom. The largest absolute Gasteiger partial charge is 0.389 e. The van der Waals surface area contributed by atoms with Crippen molar-refractivity contribution in [3.63, 3.8) is 0 Å². The van der Waals surface area contributed by atoms with Gasteiger partial charge in [0.1, 0.15) is 5.82 Å². The first-order chi connectivity index (χ1) is 11.5. The first-order valence-corrected chi connectivity index (χ1v) is 9.28. The van der Waals surface area contributed by atoms with Crippen molar-refractivity contribution in [2.24, 2.45) is 0 Å². The molecule has 0 bridgehead atoms. The molecule has 0 aromatic carbocycles. The standard InChI is InChI=1S/C18H30N4O2/c1-14(2)22-17(23)8-7-16(20-22)21-11-4-3-6-15(21)12-19-13-18(24)9-5-10-18/h7-8,14-15,19,24H,3-6,9-13H2,1-2H3. The molecule has 1 saturated heterocycles. The van der Waals surface area contributed by atoms with E-state index in [9.17, 15) is 9.90 Å². The summed E-state index contributed by atoms with van der Waals surface area (Å²) in [5.74, 6) is 0.886. The van der Waals surface area contributed by atoms with Crippen molar-refractivity contribution in [1.82, 2.24) is 15.1 Å². The van der Waals surface area contributed by atoms with E-state index in [0.29, 0.717) is 12.6 Å². The maximum absolute atomic E-state index is 11.9. The molecule has 2 N–H and O–H groups in total. The molecule has 1 aliphatic carbocycles. The van der Waals surface area contributed by atoms with Crippen LogP contribution in [0.15, 0.2) is 16.9 Å². The summed E-state index contributed by atoms with van der Waals surface area (Å²) < 4.78 is 1.56. The molecule has 1 saturated carbocycles. The zero-order valence-corrected chi connectivity index (χ0v) is 14.9. The lowest BCUT2D eigenvalue weighted by Crippen LogP contribution is -2.51. The van der Waals surface area contributed by atoms with Gasteiger partial charge in [-0.2, -0.15) is 5.10 Å². The van der Waals surface area contributed by atoms with Gasteiger partial charge in [0, 0.05) is 31.7 Å². The molecular formula is C18H30N4O2. The van der Waals surface area contributed by atoms with E-state index in [1.807, 2.05) is 19.9 Å². The molecule has 2 fully saturated rings. The van der Waals surface area contributed by atoms with Crippen molar-refractivity contribution < 1.29 is 5.11 Å². The predicted octanol–water partition coefficient (Wildman–Crippen LogP) is 1.69. The topological polar surface area (TPSA) is 70.4 Å². The van der Waals surface area contributed by atoms with Gasteiger partial charge in [0.05, 0.1) is 11.6 Å². The summed E-state index contributed by atoms with van der Waals surface area (Å²) >= 11 is 0. The van der Waals surface area contributed by atoms with Crippen LogP contribution in [0.25, 0.3) is 0 Å². The number of hydrogen-bond acceptors (Lipinski definition) is 5. The van der Waals surface area contributed by atoms with Gasteiger partial charge in [-0.15, -0.1) is 0 Å². The van der Waals surface area contributed by atoms with Crippen LogP contribution in [0, 0.1) is 0 Å². The lowest BCUT2D eigenvalue weighted by molar-refractivity contribution is -0.0314. The van der Waals surface area contributed by atoms with E-state index in [0.717, 1.165) is 51.0 Å². The van der Waals surface area contributed by atoms with Crippen LogP contribution in [0.5, 0.6) is 0 Å². The van der Waals surface area contributed by atoms with Gasteiger partial charge >= 0.3 is 0 Å². The zero-order valence-electron chi connectivity index (χ0n) is 14.9. The Morgan fingerprint density at radius 1 is 1.33 bits per heavy atom. The molecule has 1 unspecified atom stereocenters. The van der Waals surface area contributed by atoms with Gasteiger partial charge in [-0.3, -0.25) is 4.79 Å². The number of rotatable bonds is 6. The fourth-order valence-corrected chi connectivity index (χ4v) is 3.69. The van der Waals surface area contributed by atoms with E-state index in [1.165, 1.54) is 6.42 Å². The van der Waals surface area contributed by atoms with E-state index in [2.05, 4.69) is 15.3 Å². The highest BCUT2D eigenvalue weighted by atomic mass is 16.3. The summed E-state index contributed by atoms with van der Waals surface area (Å²) in [6, 6.07) is 3.90. The number of hydrogen-bond donors (Lipinski definition) is 2. The second-order valence-corrected chi connectivity index (χ2v) is 7.62. The van der Waals surface area contributed by atoms with E-state index in [4.69, 9.17) is 0 Å². The number of piperidine rings is 1. The normalized spacial score (nSPS) is 23.3. The van der Waals surface area contributed by atoms with Crippen LogP contribution < -0.4 is 15.8 Å². The highest BCUT2D eigenvalue weighted by molar-refractivity contribution is 5.39. The monoisotopic (exact) mass is 334 g/mol. The molecule has 6 heteroatoms. The summed E-state index contributed by atoms with van der Waals surface area (Å²) in [5, 5.41) is 18.3. The van der Waals surface area contributed by atoms with Gasteiger partial charge in [0.15, 0.2) is 0 Å². The Hall–Kier alpha value is -1.40. The molecule has 1 aromatic rings. The van der Waals surface area contributed by atoms with Gasteiger partial charge in [-0.05, 0) is 58.4 Å². The van der Waals surface area contributed by atoms with Crippen LogP contribution in [0.2, 0.25) is 0 Å². The molecule has 0 radical (unpaired) electrons. The molecule has 1 atom stereocenters. The zero-order chi connectivity index (χ0) is 17.2. The number of nitrogens with zero attached hydrogens (tertiary/aromatic N) is 3. The summed E-state index contributed by atoms with van der Waals surface area (Å²) in [5.41, 5.74) is -0.532. The number of aliphatic hydroxyl groups is 1. The lowest BCUT2D eigenvalue weighted by atomic mass is 9.80. The van der Waals surface area contributed by atoms with Crippen LogP contribution in [0.4, 0.5) is 5.82 Å². The quantitative estimate of drug-likeness (QED) is 0.828. The van der Waals surface area contributed by atoms with Crippen LogP contribution in [0.3, 0.4) is 0 Å². The Balaban J connectivity index is 1.67. The van der Waals surface area contributed by atoms with E-state index in [-0.39, 0.29) is 11.6 Å². The van der Waals surface area contributed by atoms with E-state index >= 15 is 0 Å². The first-order valence-electron chi connectivity index (χ1n) is 9.28. The Labute approximate surface area is 143 Å². The predicted molar refractivity (Wildman–Crippen MR) is 95.5 cm³/mol. The van der Waals surface area contributed by atoms with Crippen LogP contribution >= 0.6 is 0 Å². The van der Waals surface area contributed by atoms with Crippen molar-refractivity contribution in [2.75, 3.05) is 24.5 Å². The Morgan fingerprint density at radius 3 is 2.79 bits per heavy atom. The second kappa shape index (κ2) is 7.23. The summed E-state index contributed by atoms with van der Waals surface area (Å²) in [7, 11) is 0. The number of anilines is 1. The second-order valence-electron chi connectivity index (χ2n) is 7.62. The smallest absolute Gasteiger partial charge is 0.267 e. The molecule has 1 aliphatic heterocycles. The van der Waals surface area contributed by atoms with Crippen LogP contribution in [-0.2, 0) is 0 Å². The third-order valence-electron chi connectivity index (χ3n) is 5.34. The van der Waals surface area contributed by atoms with Crippen molar-refractivity contribution in [3.05, 3.63) is 22.5 Å². The third-order valence-corrected chi connectivity index (χ3v) is 5.34. The summed E-state index contributed by atoms with van der Waals surface area (Å²) in [4.78, 5) is 14.3. The van der Waals surface area contributed by atoms with Crippen molar-refractivity contribution in [3.8, 4) is 0 Å².